The van der Waals surface area contributed by atoms with E-state index in [9.17, 15) is 0 Å². The van der Waals surface area contributed by atoms with Gasteiger partial charge in [0, 0.05) is 44.8 Å². The van der Waals surface area contributed by atoms with Crippen molar-refractivity contribution in [3.63, 3.8) is 0 Å². The number of carboxylic acid groups (broad SMARTS) is 2. The summed E-state index contributed by atoms with van der Waals surface area (Å²) in [6.07, 6.45) is 0. The number of nitrogens with zero attached hydrogens (tertiary/aromatic N) is 2. The molecule has 0 atom stereocenters. The van der Waals surface area contributed by atoms with E-state index in [0.29, 0.717) is 0 Å². The van der Waals surface area contributed by atoms with Crippen LogP contribution in [0.4, 0.5) is 0 Å². The number of ether oxygens (including phenoxy) is 2. The minimum absolute atomic E-state index is 0.803. The zero-order valence-electron chi connectivity index (χ0n) is 17.3. The lowest BCUT2D eigenvalue weighted by Crippen LogP contribution is -2.45. The van der Waals surface area contributed by atoms with Crippen molar-refractivity contribution in [2.45, 2.75) is 13.1 Å². The highest BCUT2D eigenvalue weighted by molar-refractivity contribution is 6.27. The van der Waals surface area contributed by atoms with Gasteiger partial charge in [-0.05, 0) is 11.6 Å². The van der Waals surface area contributed by atoms with Crippen LogP contribution in [-0.4, -0.2) is 72.4 Å². The fourth-order valence-electron chi connectivity index (χ4n) is 3.27. The minimum Gasteiger partial charge on any atom is -0.493 e. The standard InChI is InChI=1S/C20H26N2O2.C2H2O4/c1-23-19-10-6-9-18(20(19)24-2)16-22-13-11-21(12-14-22)15-17-7-4-3-5-8-17;3-1(4)2(5)6/h3-10H,11-16H2,1-2H3;(H,3,4)(H,5,6). The van der Waals surface area contributed by atoms with Crippen LogP contribution in [0.25, 0.3) is 0 Å². The molecule has 0 unspecified atom stereocenters. The highest BCUT2D eigenvalue weighted by Gasteiger charge is 2.19. The number of methoxy groups -OCH3 is 2. The lowest BCUT2D eigenvalue weighted by molar-refractivity contribution is -0.159. The van der Waals surface area contributed by atoms with Crippen molar-refractivity contribution >= 4 is 11.9 Å². The molecule has 3 rings (SSSR count). The highest BCUT2D eigenvalue weighted by Crippen LogP contribution is 2.31. The van der Waals surface area contributed by atoms with Crippen molar-refractivity contribution < 1.29 is 29.3 Å². The highest BCUT2D eigenvalue weighted by atomic mass is 16.5. The van der Waals surface area contributed by atoms with Crippen molar-refractivity contribution in [1.29, 1.82) is 0 Å². The summed E-state index contributed by atoms with van der Waals surface area (Å²) in [5, 5.41) is 14.8. The van der Waals surface area contributed by atoms with Crippen LogP contribution in [0.3, 0.4) is 0 Å². The Morgan fingerprint density at radius 1 is 0.800 bits per heavy atom. The molecule has 8 nitrogen and oxygen atoms in total. The molecule has 2 aromatic rings. The SMILES string of the molecule is COc1cccc(CN2CCN(Cc3ccccc3)CC2)c1OC.O=C(O)C(=O)O. The van der Waals surface area contributed by atoms with Gasteiger partial charge in [-0.15, -0.1) is 0 Å². The van der Waals surface area contributed by atoms with Crippen molar-refractivity contribution in [1.82, 2.24) is 9.80 Å². The van der Waals surface area contributed by atoms with Gasteiger partial charge in [-0.1, -0.05) is 42.5 Å². The molecule has 2 N–H and O–H groups in total. The molecule has 1 aliphatic heterocycles. The Balaban J connectivity index is 0.000000469. The largest absolute Gasteiger partial charge is 0.493 e. The molecule has 1 heterocycles. The molecule has 0 aliphatic carbocycles. The summed E-state index contributed by atoms with van der Waals surface area (Å²) < 4.78 is 10.9. The maximum absolute atomic E-state index is 9.10. The van der Waals surface area contributed by atoms with Gasteiger partial charge in [0.15, 0.2) is 11.5 Å². The Hall–Kier alpha value is -3.10. The molecule has 0 radical (unpaired) electrons. The lowest BCUT2D eigenvalue weighted by atomic mass is 10.1. The molecular weight excluding hydrogens is 388 g/mol. The number of para-hydroxylation sites is 1. The van der Waals surface area contributed by atoms with Gasteiger partial charge in [-0.2, -0.15) is 0 Å². The van der Waals surface area contributed by atoms with E-state index in [0.717, 1.165) is 50.8 Å². The first-order chi connectivity index (χ1) is 14.4. The number of hydrogen-bond acceptors (Lipinski definition) is 6. The van der Waals surface area contributed by atoms with Crippen molar-refractivity contribution in [3.05, 3.63) is 59.7 Å². The third kappa shape index (κ3) is 7.06. The predicted octanol–water partition coefficient (Wildman–Crippen LogP) is 2.18. The van der Waals surface area contributed by atoms with Crippen LogP contribution in [0.1, 0.15) is 11.1 Å². The minimum atomic E-state index is -1.82. The molecule has 0 saturated carbocycles. The van der Waals surface area contributed by atoms with E-state index in [2.05, 4.69) is 46.2 Å². The van der Waals surface area contributed by atoms with Gasteiger partial charge in [-0.3, -0.25) is 9.80 Å². The summed E-state index contributed by atoms with van der Waals surface area (Å²) >= 11 is 0. The molecule has 0 bridgehead atoms. The van der Waals surface area contributed by atoms with Crippen LogP contribution in [0, 0.1) is 0 Å². The maximum atomic E-state index is 9.10. The smallest absolute Gasteiger partial charge is 0.414 e. The molecule has 0 spiro atoms. The van der Waals surface area contributed by atoms with Gasteiger partial charge in [0.2, 0.25) is 0 Å². The fourth-order valence-corrected chi connectivity index (χ4v) is 3.27. The van der Waals surface area contributed by atoms with E-state index in [4.69, 9.17) is 29.3 Å². The molecule has 2 aromatic carbocycles. The van der Waals surface area contributed by atoms with E-state index in [1.807, 2.05) is 12.1 Å². The molecule has 1 fully saturated rings. The molecule has 0 aromatic heterocycles. The zero-order valence-corrected chi connectivity index (χ0v) is 17.3. The summed E-state index contributed by atoms with van der Waals surface area (Å²) in [5.74, 6) is -1.99. The Morgan fingerprint density at radius 3 is 1.87 bits per heavy atom. The van der Waals surface area contributed by atoms with Crippen molar-refractivity contribution in [2.75, 3.05) is 40.4 Å². The van der Waals surface area contributed by atoms with E-state index in [-0.39, 0.29) is 0 Å². The summed E-state index contributed by atoms with van der Waals surface area (Å²) in [6, 6.07) is 16.8. The second kappa shape index (κ2) is 11.8. The first-order valence-corrected chi connectivity index (χ1v) is 9.59. The van der Waals surface area contributed by atoms with E-state index in [1.54, 1.807) is 14.2 Å². The third-order valence-corrected chi connectivity index (χ3v) is 4.78. The Morgan fingerprint density at radius 2 is 1.37 bits per heavy atom. The van der Waals surface area contributed by atoms with E-state index < -0.39 is 11.9 Å². The quantitative estimate of drug-likeness (QED) is 0.692. The first-order valence-electron chi connectivity index (χ1n) is 9.59. The van der Waals surface area contributed by atoms with E-state index >= 15 is 0 Å². The molecule has 162 valence electrons. The molecule has 1 aliphatic rings. The number of hydrogen-bond donors (Lipinski definition) is 2. The normalized spacial score (nSPS) is 14.3. The average molecular weight is 416 g/mol. The Kier molecular flexibility index (Phi) is 9.11. The molecular formula is C22H28N2O6. The number of carboxylic acids is 2. The number of aliphatic carboxylic acids is 2. The van der Waals surface area contributed by atoms with Crippen LogP contribution in [0.2, 0.25) is 0 Å². The van der Waals surface area contributed by atoms with Gasteiger partial charge >= 0.3 is 11.9 Å². The Bertz CT molecular complexity index is 808. The molecule has 1 saturated heterocycles. The monoisotopic (exact) mass is 416 g/mol. The number of benzene rings is 2. The molecule has 30 heavy (non-hydrogen) atoms. The summed E-state index contributed by atoms with van der Waals surface area (Å²) in [6.45, 7) is 6.29. The lowest BCUT2D eigenvalue weighted by Gasteiger charge is -2.35. The van der Waals surface area contributed by atoms with Gasteiger partial charge in [0.05, 0.1) is 14.2 Å². The molecule has 0 amide bonds. The summed E-state index contributed by atoms with van der Waals surface area (Å²) in [4.78, 5) is 23.2. The first kappa shape index (κ1) is 23.2. The van der Waals surface area contributed by atoms with Crippen LogP contribution < -0.4 is 9.47 Å². The van der Waals surface area contributed by atoms with Crippen molar-refractivity contribution in [3.8, 4) is 11.5 Å². The van der Waals surface area contributed by atoms with Crippen LogP contribution in [0.15, 0.2) is 48.5 Å². The average Bonchev–Trinajstić information content (AvgIpc) is 2.76. The topological polar surface area (TPSA) is 99.5 Å². The second-order valence-corrected chi connectivity index (χ2v) is 6.80. The maximum Gasteiger partial charge on any atom is 0.414 e. The van der Waals surface area contributed by atoms with Crippen LogP contribution >= 0.6 is 0 Å². The number of piperazine rings is 1. The van der Waals surface area contributed by atoms with Crippen LogP contribution in [0.5, 0.6) is 11.5 Å². The second-order valence-electron chi connectivity index (χ2n) is 6.80. The zero-order chi connectivity index (χ0) is 21.9. The number of carbonyl (C=O) groups is 2. The van der Waals surface area contributed by atoms with E-state index in [1.165, 1.54) is 11.1 Å². The van der Waals surface area contributed by atoms with Gasteiger partial charge in [0.25, 0.3) is 0 Å². The van der Waals surface area contributed by atoms with Gasteiger partial charge in [-0.25, -0.2) is 9.59 Å². The van der Waals surface area contributed by atoms with Gasteiger partial charge in [0.1, 0.15) is 0 Å². The van der Waals surface area contributed by atoms with Crippen LogP contribution in [-0.2, 0) is 22.7 Å². The summed E-state index contributed by atoms with van der Waals surface area (Å²) in [5.41, 5.74) is 2.58. The van der Waals surface area contributed by atoms with Crippen molar-refractivity contribution in [2.24, 2.45) is 0 Å². The molecule has 8 heteroatoms. The Labute approximate surface area is 176 Å². The fraction of sp³-hybridized carbons (Fsp3) is 0.364. The third-order valence-electron chi connectivity index (χ3n) is 4.78. The summed E-state index contributed by atoms with van der Waals surface area (Å²) in [7, 11) is 3.39. The number of rotatable bonds is 6. The van der Waals surface area contributed by atoms with Gasteiger partial charge < -0.3 is 19.7 Å². The predicted molar refractivity (Wildman–Crippen MR) is 112 cm³/mol.